The van der Waals surface area contributed by atoms with Crippen LogP contribution in [0.15, 0.2) is 39.5 Å². The van der Waals surface area contributed by atoms with E-state index < -0.39 is 10.0 Å². The highest BCUT2D eigenvalue weighted by molar-refractivity contribution is 7.89. The van der Waals surface area contributed by atoms with Gasteiger partial charge in [0.05, 0.1) is 15.6 Å². The minimum absolute atomic E-state index is 0.266. The molecule has 1 aromatic carbocycles. The van der Waals surface area contributed by atoms with E-state index in [4.69, 9.17) is 0 Å². The van der Waals surface area contributed by atoms with Gasteiger partial charge in [0.25, 0.3) is 0 Å². The SMILES string of the molecule is CN=C(NCCNS(=O)(=O)c1ccc(C)cc1)NCCc1csc(C)n1. The third kappa shape index (κ3) is 6.40. The Bertz CT molecular complexity index is 829. The van der Waals surface area contributed by atoms with Crippen LogP contribution in [0.2, 0.25) is 0 Å². The van der Waals surface area contributed by atoms with Crippen molar-refractivity contribution in [3.63, 3.8) is 0 Å². The summed E-state index contributed by atoms with van der Waals surface area (Å²) in [6, 6.07) is 6.77. The maximum atomic E-state index is 12.2. The van der Waals surface area contributed by atoms with Gasteiger partial charge in [-0.3, -0.25) is 4.99 Å². The molecule has 7 nitrogen and oxygen atoms in total. The lowest BCUT2D eigenvalue weighted by Crippen LogP contribution is -2.42. The molecule has 1 heterocycles. The number of benzene rings is 1. The van der Waals surface area contributed by atoms with Crippen LogP contribution in [0.25, 0.3) is 0 Å². The molecule has 1 aromatic heterocycles. The minimum atomic E-state index is -3.49. The maximum Gasteiger partial charge on any atom is 0.240 e. The van der Waals surface area contributed by atoms with Crippen molar-refractivity contribution in [2.75, 3.05) is 26.7 Å². The first kappa shape index (κ1) is 20.3. The minimum Gasteiger partial charge on any atom is -0.356 e. The van der Waals surface area contributed by atoms with Gasteiger partial charge in [-0.2, -0.15) is 0 Å². The topological polar surface area (TPSA) is 95.5 Å². The zero-order chi connectivity index (χ0) is 19.0. The Kier molecular flexibility index (Phi) is 7.55. The number of aliphatic imine (C=N–C) groups is 1. The first-order chi connectivity index (χ1) is 12.4. The molecule has 0 aliphatic heterocycles. The third-order valence-corrected chi connectivity index (χ3v) is 5.90. The number of hydrogen-bond donors (Lipinski definition) is 3. The van der Waals surface area contributed by atoms with Gasteiger partial charge in [-0.05, 0) is 26.0 Å². The summed E-state index contributed by atoms with van der Waals surface area (Å²) in [4.78, 5) is 8.80. The molecule has 2 aromatic rings. The molecule has 0 aliphatic rings. The normalized spacial score (nSPS) is 12.2. The highest BCUT2D eigenvalue weighted by Gasteiger charge is 2.12. The molecule has 0 aliphatic carbocycles. The maximum absolute atomic E-state index is 12.2. The Labute approximate surface area is 159 Å². The second-order valence-electron chi connectivity index (χ2n) is 5.74. The Morgan fingerprint density at radius 1 is 1.12 bits per heavy atom. The van der Waals surface area contributed by atoms with E-state index in [9.17, 15) is 8.42 Å². The monoisotopic (exact) mass is 395 g/mol. The number of aromatic nitrogens is 1. The fourth-order valence-corrected chi connectivity index (χ4v) is 3.90. The zero-order valence-corrected chi connectivity index (χ0v) is 16.9. The quantitative estimate of drug-likeness (QED) is 0.357. The summed E-state index contributed by atoms with van der Waals surface area (Å²) < 4.78 is 27.0. The second-order valence-corrected chi connectivity index (χ2v) is 8.57. The summed E-state index contributed by atoms with van der Waals surface area (Å²) >= 11 is 1.64. The number of aryl methyl sites for hydroxylation is 2. The molecule has 0 radical (unpaired) electrons. The van der Waals surface area contributed by atoms with Crippen molar-refractivity contribution in [2.45, 2.75) is 25.2 Å². The third-order valence-electron chi connectivity index (χ3n) is 3.60. The van der Waals surface area contributed by atoms with E-state index in [1.165, 1.54) is 0 Å². The smallest absolute Gasteiger partial charge is 0.240 e. The van der Waals surface area contributed by atoms with Crippen LogP contribution in [0, 0.1) is 13.8 Å². The summed E-state index contributed by atoms with van der Waals surface area (Å²) in [5, 5.41) is 9.38. The van der Waals surface area contributed by atoms with E-state index in [0.29, 0.717) is 19.0 Å². The van der Waals surface area contributed by atoms with Gasteiger partial charge < -0.3 is 10.6 Å². The lowest BCUT2D eigenvalue weighted by molar-refractivity contribution is 0.580. The molecular weight excluding hydrogens is 370 g/mol. The largest absolute Gasteiger partial charge is 0.356 e. The first-order valence-corrected chi connectivity index (χ1v) is 10.7. The number of guanidine groups is 1. The molecule has 0 fully saturated rings. The lowest BCUT2D eigenvalue weighted by atomic mass is 10.2. The van der Waals surface area contributed by atoms with Gasteiger partial charge in [-0.1, -0.05) is 17.7 Å². The van der Waals surface area contributed by atoms with E-state index in [-0.39, 0.29) is 11.4 Å². The van der Waals surface area contributed by atoms with Gasteiger partial charge in [-0.25, -0.2) is 18.1 Å². The molecule has 142 valence electrons. The Hall–Kier alpha value is -1.97. The van der Waals surface area contributed by atoms with Crippen LogP contribution in [0.4, 0.5) is 0 Å². The highest BCUT2D eigenvalue weighted by atomic mass is 32.2. The van der Waals surface area contributed by atoms with E-state index in [2.05, 4.69) is 25.3 Å². The standard InChI is InChI=1S/C17H25N5O2S2/c1-13-4-6-16(7-5-13)26(23,24)21-11-10-20-17(18-3)19-9-8-15-12-25-14(2)22-15/h4-7,12,21H,8-11H2,1-3H3,(H2,18,19,20). The van der Waals surface area contributed by atoms with Crippen LogP contribution in [0.1, 0.15) is 16.3 Å². The van der Waals surface area contributed by atoms with E-state index >= 15 is 0 Å². The van der Waals surface area contributed by atoms with Crippen LogP contribution >= 0.6 is 11.3 Å². The lowest BCUT2D eigenvalue weighted by Gasteiger charge is -2.12. The van der Waals surface area contributed by atoms with Crippen LogP contribution in [-0.2, 0) is 16.4 Å². The van der Waals surface area contributed by atoms with E-state index in [1.54, 1.807) is 42.6 Å². The van der Waals surface area contributed by atoms with Crippen LogP contribution in [0.5, 0.6) is 0 Å². The van der Waals surface area contributed by atoms with Gasteiger partial charge >= 0.3 is 0 Å². The number of thiazole rings is 1. The highest BCUT2D eigenvalue weighted by Crippen LogP contribution is 2.09. The number of rotatable bonds is 8. The number of sulfonamides is 1. The van der Waals surface area contributed by atoms with Crippen molar-refractivity contribution >= 4 is 27.3 Å². The summed E-state index contributed by atoms with van der Waals surface area (Å²) in [5.74, 6) is 0.631. The molecule has 0 saturated carbocycles. The van der Waals surface area contributed by atoms with Crippen molar-refractivity contribution in [1.29, 1.82) is 0 Å². The van der Waals surface area contributed by atoms with Crippen molar-refractivity contribution in [3.8, 4) is 0 Å². The molecular formula is C17H25N5O2S2. The van der Waals surface area contributed by atoms with E-state index in [0.717, 1.165) is 22.7 Å². The van der Waals surface area contributed by atoms with E-state index in [1.807, 2.05) is 19.2 Å². The van der Waals surface area contributed by atoms with Crippen molar-refractivity contribution in [3.05, 3.63) is 45.9 Å². The molecule has 2 rings (SSSR count). The molecule has 0 saturated heterocycles. The molecule has 0 amide bonds. The first-order valence-electron chi connectivity index (χ1n) is 8.32. The fourth-order valence-electron chi connectivity index (χ4n) is 2.22. The van der Waals surface area contributed by atoms with Gasteiger partial charge in [0.1, 0.15) is 0 Å². The predicted molar refractivity (Wildman–Crippen MR) is 106 cm³/mol. The van der Waals surface area contributed by atoms with Crippen molar-refractivity contribution < 1.29 is 8.42 Å². The van der Waals surface area contributed by atoms with Crippen LogP contribution < -0.4 is 15.4 Å². The zero-order valence-electron chi connectivity index (χ0n) is 15.2. The number of nitrogens with one attached hydrogen (secondary N) is 3. The van der Waals surface area contributed by atoms with Gasteiger partial charge in [0.15, 0.2) is 5.96 Å². The molecule has 3 N–H and O–H groups in total. The molecule has 26 heavy (non-hydrogen) atoms. The summed E-state index contributed by atoms with van der Waals surface area (Å²) in [5.41, 5.74) is 2.08. The summed E-state index contributed by atoms with van der Waals surface area (Å²) in [7, 11) is -1.81. The van der Waals surface area contributed by atoms with Crippen LogP contribution in [-0.4, -0.2) is 46.0 Å². The molecule has 0 unspecified atom stereocenters. The summed E-state index contributed by atoms with van der Waals surface area (Å²) in [6.45, 7) is 5.31. The molecule has 9 heteroatoms. The van der Waals surface area contributed by atoms with Gasteiger partial charge in [-0.15, -0.1) is 11.3 Å². The molecule has 0 atom stereocenters. The Morgan fingerprint density at radius 3 is 2.42 bits per heavy atom. The van der Waals surface area contributed by atoms with Gasteiger partial charge in [0, 0.05) is 38.5 Å². The fraction of sp³-hybridized carbons (Fsp3) is 0.412. The predicted octanol–water partition coefficient (Wildman–Crippen LogP) is 1.45. The average Bonchev–Trinajstić information content (AvgIpc) is 3.02. The number of nitrogens with zero attached hydrogens (tertiary/aromatic N) is 2. The molecule has 0 spiro atoms. The van der Waals surface area contributed by atoms with Crippen molar-refractivity contribution in [2.24, 2.45) is 4.99 Å². The molecule has 0 bridgehead atoms. The Balaban J connectivity index is 1.70. The average molecular weight is 396 g/mol. The van der Waals surface area contributed by atoms with Crippen LogP contribution in [0.3, 0.4) is 0 Å². The number of hydrogen-bond acceptors (Lipinski definition) is 5. The second kappa shape index (κ2) is 9.65. The van der Waals surface area contributed by atoms with Gasteiger partial charge in [0.2, 0.25) is 10.0 Å². The van der Waals surface area contributed by atoms with Crippen molar-refractivity contribution in [1.82, 2.24) is 20.3 Å². The summed E-state index contributed by atoms with van der Waals surface area (Å²) in [6.07, 6.45) is 0.811. The Morgan fingerprint density at radius 2 is 1.81 bits per heavy atom.